The highest BCUT2D eigenvalue weighted by molar-refractivity contribution is 6.03. The van der Waals surface area contributed by atoms with Gasteiger partial charge in [-0.25, -0.2) is 4.39 Å². The Morgan fingerprint density at radius 3 is 2.62 bits per heavy atom. The highest BCUT2D eigenvalue weighted by Crippen LogP contribution is 2.19. The van der Waals surface area contributed by atoms with Gasteiger partial charge in [-0.05, 0) is 23.8 Å². The van der Waals surface area contributed by atoms with E-state index in [9.17, 15) is 4.39 Å². The highest BCUT2D eigenvalue weighted by Gasteiger charge is 2.11. The van der Waals surface area contributed by atoms with E-state index in [1.54, 1.807) is 24.4 Å². The van der Waals surface area contributed by atoms with Gasteiger partial charge in [0, 0.05) is 23.6 Å². The number of benzene rings is 2. The van der Waals surface area contributed by atoms with Gasteiger partial charge in [-0.1, -0.05) is 36.4 Å². The van der Waals surface area contributed by atoms with Gasteiger partial charge in [-0.3, -0.25) is 4.98 Å². The molecule has 2 aromatic carbocycles. The molecule has 2 N–H and O–H groups in total. The summed E-state index contributed by atoms with van der Waals surface area (Å²) in [5, 5.41) is 4.80. The van der Waals surface area contributed by atoms with Crippen LogP contribution in [0.1, 0.15) is 11.1 Å². The number of rotatable bonds is 3. The van der Waals surface area contributed by atoms with Crippen molar-refractivity contribution in [2.45, 2.75) is 6.42 Å². The predicted octanol–water partition coefficient (Wildman–Crippen LogP) is 3.28. The van der Waals surface area contributed by atoms with Gasteiger partial charge in [0.05, 0.1) is 11.2 Å². The molecule has 3 rings (SSSR count). The Balaban J connectivity index is 2.03. The van der Waals surface area contributed by atoms with Gasteiger partial charge in [0.1, 0.15) is 5.82 Å². The topological polar surface area (TPSA) is 51.3 Å². The molecule has 3 aromatic rings. The van der Waals surface area contributed by atoms with Crippen LogP contribution in [0.25, 0.3) is 10.9 Å². The predicted molar refractivity (Wildman–Crippen MR) is 82.6 cm³/mol. The molecule has 0 aliphatic carbocycles. The van der Waals surface area contributed by atoms with Crippen molar-refractivity contribution in [1.82, 2.24) is 4.98 Å². The summed E-state index contributed by atoms with van der Waals surface area (Å²) in [7, 11) is 0. The lowest BCUT2D eigenvalue weighted by Crippen LogP contribution is -2.10. The van der Waals surface area contributed by atoms with E-state index in [4.69, 9.17) is 5.84 Å². The van der Waals surface area contributed by atoms with Crippen molar-refractivity contribution in [2.24, 2.45) is 10.9 Å². The van der Waals surface area contributed by atoms with Crippen LogP contribution in [0.15, 0.2) is 65.9 Å². The van der Waals surface area contributed by atoms with E-state index in [2.05, 4.69) is 10.1 Å². The molecule has 0 spiro atoms. The lowest BCUT2D eigenvalue weighted by Gasteiger charge is -2.09. The van der Waals surface area contributed by atoms with Gasteiger partial charge in [0.15, 0.2) is 0 Å². The largest absolute Gasteiger partial charge is 0.323 e. The van der Waals surface area contributed by atoms with Crippen molar-refractivity contribution >= 4 is 16.6 Å². The Bertz CT molecular complexity index is 806. The second-order valence-electron chi connectivity index (χ2n) is 4.72. The molecule has 0 atom stereocenters. The average Bonchev–Trinajstić information content (AvgIpc) is 2.53. The third kappa shape index (κ3) is 2.60. The number of aromatic nitrogens is 1. The van der Waals surface area contributed by atoms with E-state index in [0.717, 1.165) is 16.5 Å². The second kappa shape index (κ2) is 5.71. The second-order valence-corrected chi connectivity index (χ2v) is 4.72. The van der Waals surface area contributed by atoms with E-state index in [1.807, 2.05) is 30.3 Å². The molecule has 1 heterocycles. The number of hydrazone groups is 1. The van der Waals surface area contributed by atoms with Crippen molar-refractivity contribution in [2.75, 3.05) is 0 Å². The summed E-state index contributed by atoms with van der Waals surface area (Å²) in [5.74, 6) is 5.15. The van der Waals surface area contributed by atoms with E-state index in [-0.39, 0.29) is 5.82 Å². The standard InChI is InChI=1S/C17H14FN3/c18-15-7-3-1-6-14(15)17(21-19)11-12-9-10-20-16-8-4-2-5-13(12)16/h1-10H,11,19H2/b21-17-. The number of nitrogens with zero attached hydrogens (tertiary/aromatic N) is 2. The van der Waals surface area contributed by atoms with Gasteiger partial charge >= 0.3 is 0 Å². The molecule has 0 amide bonds. The zero-order valence-electron chi connectivity index (χ0n) is 11.3. The Morgan fingerprint density at radius 1 is 1.05 bits per heavy atom. The molecular formula is C17H14FN3. The number of halogens is 1. The summed E-state index contributed by atoms with van der Waals surface area (Å²) < 4.78 is 13.9. The first kappa shape index (κ1) is 13.2. The first-order valence-corrected chi connectivity index (χ1v) is 6.64. The highest BCUT2D eigenvalue weighted by atomic mass is 19.1. The van der Waals surface area contributed by atoms with Crippen LogP contribution in [-0.2, 0) is 6.42 Å². The van der Waals surface area contributed by atoms with E-state index in [1.165, 1.54) is 6.07 Å². The number of hydrogen-bond donors (Lipinski definition) is 1. The fourth-order valence-electron chi connectivity index (χ4n) is 2.40. The Labute approximate surface area is 121 Å². The number of nitrogens with two attached hydrogens (primary N) is 1. The lowest BCUT2D eigenvalue weighted by atomic mass is 9.99. The minimum atomic E-state index is -0.319. The van der Waals surface area contributed by atoms with Crippen LogP contribution in [-0.4, -0.2) is 10.7 Å². The molecule has 0 aliphatic rings. The fourth-order valence-corrected chi connectivity index (χ4v) is 2.40. The summed E-state index contributed by atoms with van der Waals surface area (Å²) in [6.45, 7) is 0. The SMILES string of the molecule is N/N=C(/Cc1ccnc2ccccc12)c1ccccc1F. The monoisotopic (exact) mass is 279 g/mol. The number of fused-ring (bicyclic) bond motifs is 1. The molecule has 0 bridgehead atoms. The molecular weight excluding hydrogens is 265 g/mol. The normalized spacial score (nSPS) is 11.8. The zero-order chi connectivity index (χ0) is 14.7. The quantitative estimate of drug-likeness (QED) is 0.454. The van der Waals surface area contributed by atoms with Gasteiger partial charge < -0.3 is 5.84 Å². The van der Waals surface area contributed by atoms with Crippen LogP contribution in [0, 0.1) is 5.82 Å². The van der Waals surface area contributed by atoms with Crippen molar-refractivity contribution in [3.63, 3.8) is 0 Å². The van der Waals surface area contributed by atoms with Gasteiger partial charge in [-0.2, -0.15) is 5.10 Å². The van der Waals surface area contributed by atoms with Crippen molar-refractivity contribution in [3.05, 3.63) is 77.7 Å². The number of hydrogen-bond acceptors (Lipinski definition) is 3. The van der Waals surface area contributed by atoms with Gasteiger partial charge in [0.2, 0.25) is 0 Å². The molecule has 0 fully saturated rings. The molecule has 1 aromatic heterocycles. The van der Waals surface area contributed by atoms with E-state index >= 15 is 0 Å². The summed E-state index contributed by atoms with van der Waals surface area (Å²) in [5.41, 5.74) is 2.87. The summed E-state index contributed by atoms with van der Waals surface area (Å²) in [6.07, 6.45) is 2.20. The summed E-state index contributed by atoms with van der Waals surface area (Å²) in [6, 6.07) is 16.3. The Morgan fingerprint density at radius 2 is 1.81 bits per heavy atom. The molecule has 0 saturated heterocycles. The average molecular weight is 279 g/mol. The third-order valence-electron chi connectivity index (χ3n) is 3.44. The third-order valence-corrected chi connectivity index (χ3v) is 3.44. The summed E-state index contributed by atoms with van der Waals surface area (Å²) in [4.78, 5) is 4.32. The van der Waals surface area contributed by atoms with Crippen LogP contribution >= 0.6 is 0 Å². The maximum Gasteiger partial charge on any atom is 0.132 e. The van der Waals surface area contributed by atoms with Crippen molar-refractivity contribution in [3.8, 4) is 0 Å². The van der Waals surface area contributed by atoms with Crippen LogP contribution < -0.4 is 5.84 Å². The first-order chi connectivity index (χ1) is 10.3. The molecule has 0 unspecified atom stereocenters. The van der Waals surface area contributed by atoms with Crippen LogP contribution in [0.4, 0.5) is 4.39 Å². The smallest absolute Gasteiger partial charge is 0.132 e. The molecule has 21 heavy (non-hydrogen) atoms. The van der Waals surface area contributed by atoms with Gasteiger partial charge in [0.25, 0.3) is 0 Å². The molecule has 4 heteroatoms. The minimum absolute atomic E-state index is 0.319. The lowest BCUT2D eigenvalue weighted by molar-refractivity contribution is 0.625. The van der Waals surface area contributed by atoms with Crippen molar-refractivity contribution in [1.29, 1.82) is 0 Å². The Hall–Kier alpha value is -2.75. The molecule has 104 valence electrons. The molecule has 0 radical (unpaired) electrons. The van der Waals surface area contributed by atoms with Crippen molar-refractivity contribution < 1.29 is 4.39 Å². The summed E-state index contributed by atoms with van der Waals surface area (Å²) >= 11 is 0. The van der Waals surface area contributed by atoms with Crippen LogP contribution in [0.2, 0.25) is 0 Å². The van der Waals surface area contributed by atoms with E-state index < -0.39 is 0 Å². The van der Waals surface area contributed by atoms with Crippen LogP contribution in [0.3, 0.4) is 0 Å². The maximum atomic E-state index is 13.9. The fraction of sp³-hybridized carbons (Fsp3) is 0.0588. The minimum Gasteiger partial charge on any atom is -0.323 e. The van der Waals surface area contributed by atoms with Crippen LogP contribution in [0.5, 0.6) is 0 Å². The van der Waals surface area contributed by atoms with E-state index in [0.29, 0.717) is 17.7 Å². The zero-order valence-corrected chi connectivity index (χ0v) is 11.3. The van der Waals surface area contributed by atoms with Gasteiger partial charge in [-0.15, -0.1) is 0 Å². The molecule has 3 nitrogen and oxygen atoms in total. The molecule has 0 aliphatic heterocycles. The number of pyridine rings is 1. The maximum absolute atomic E-state index is 13.9. The first-order valence-electron chi connectivity index (χ1n) is 6.64. The number of para-hydroxylation sites is 1. The Kier molecular flexibility index (Phi) is 3.60. The molecule has 0 saturated carbocycles.